The van der Waals surface area contributed by atoms with Crippen LogP contribution in [0.4, 0.5) is 13.2 Å². The van der Waals surface area contributed by atoms with Gasteiger partial charge in [0.1, 0.15) is 0 Å². The molecule has 23 heavy (non-hydrogen) atoms. The molecule has 1 saturated carbocycles. The predicted octanol–water partition coefficient (Wildman–Crippen LogP) is 5.13. The summed E-state index contributed by atoms with van der Waals surface area (Å²) in [4.78, 5) is 12.1. The van der Waals surface area contributed by atoms with Crippen LogP contribution in [0.15, 0.2) is 24.3 Å². The van der Waals surface area contributed by atoms with Crippen molar-refractivity contribution in [3.05, 3.63) is 35.4 Å². The third-order valence-corrected chi connectivity index (χ3v) is 4.15. The van der Waals surface area contributed by atoms with Gasteiger partial charge in [-0.25, -0.2) is 0 Å². The minimum Gasteiger partial charge on any atom is -0.349 e. The van der Waals surface area contributed by atoms with Crippen LogP contribution < -0.4 is 5.32 Å². The molecule has 0 saturated heterocycles. The molecule has 0 spiro atoms. The van der Waals surface area contributed by atoms with Crippen molar-refractivity contribution in [1.29, 1.82) is 0 Å². The van der Waals surface area contributed by atoms with Crippen molar-refractivity contribution in [2.75, 3.05) is 0 Å². The third-order valence-electron chi connectivity index (χ3n) is 4.15. The maximum atomic E-state index is 12.6. The lowest BCUT2D eigenvalue weighted by atomic mass is 9.85. The lowest BCUT2D eigenvalue weighted by molar-refractivity contribution is -0.182. The molecule has 0 aromatic heterocycles. The zero-order valence-corrected chi connectivity index (χ0v) is 14.0. The van der Waals surface area contributed by atoms with E-state index in [2.05, 4.69) is 5.32 Å². The number of benzene rings is 1. The van der Waals surface area contributed by atoms with Crippen molar-refractivity contribution >= 4 is 5.91 Å². The Bertz CT molecular complexity index is 474. The van der Waals surface area contributed by atoms with Crippen molar-refractivity contribution < 1.29 is 18.0 Å². The van der Waals surface area contributed by atoms with Gasteiger partial charge in [0.05, 0.1) is 5.92 Å². The van der Waals surface area contributed by atoms with Crippen LogP contribution in [-0.4, -0.2) is 18.1 Å². The number of alkyl halides is 3. The van der Waals surface area contributed by atoms with Crippen molar-refractivity contribution in [2.24, 2.45) is 5.92 Å². The first-order chi connectivity index (χ1) is 10.9. The van der Waals surface area contributed by atoms with Gasteiger partial charge < -0.3 is 5.32 Å². The number of carbonyl (C=O) groups excluding carboxylic acids is 1. The molecule has 0 radical (unpaired) electrons. The average molecular weight is 329 g/mol. The zero-order valence-electron chi connectivity index (χ0n) is 14.0. The maximum Gasteiger partial charge on any atom is 0.391 e. The standard InChI is InChI=1S/C16H20F3NO.C2H6/c1-2-11-3-5-12(6-4-11)15(21)20-14-9-7-13(8-10-14)16(17,18)19;1-2/h3-6,13-14H,2,7-10H2,1H3,(H,20,21);1-2H3. The molecule has 1 aliphatic carbocycles. The van der Waals surface area contributed by atoms with Crippen molar-refractivity contribution in [1.82, 2.24) is 5.32 Å². The van der Waals surface area contributed by atoms with Gasteiger partial charge in [-0.15, -0.1) is 0 Å². The van der Waals surface area contributed by atoms with Crippen LogP contribution in [0.3, 0.4) is 0 Å². The Labute approximate surface area is 136 Å². The molecular weight excluding hydrogens is 303 g/mol. The fraction of sp³-hybridized carbons (Fsp3) is 0.611. The van der Waals surface area contributed by atoms with E-state index in [4.69, 9.17) is 0 Å². The Morgan fingerprint density at radius 2 is 1.61 bits per heavy atom. The van der Waals surface area contributed by atoms with Gasteiger partial charge in [-0.3, -0.25) is 4.79 Å². The van der Waals surface area contributed by atoms with Gasteiger partial charge in [-0.1, -0.05) is 32.9 Å². The van der Waals surface area contributed by atoms with Crippen molar-refractivity contribution in [2.45, 2.75) is 65.1 Å². The van der Waals surface area contributed by atoms with Crippen LogP contribution in [0.2, 0.25) is 0 Å². The van der Waals surface area contributed by atoms with E-state index in [-0.39, 0.29) is 24.8 Å². The molecule has 1 aromatic carbocycles. The number of rotatable bonds is 3. The molecule has 130 valence electrons. The molecule has 1 fully saturated rings. The summed E-state index contributed by atoms with van der Waals surface area (Å²) in [5, 5.41) is 2.84. The summed E-state index contributed by atoms with van der Waals surface area (Å²) < 4.78 is 37.7. The van der Waals surface area contributed by atoms with Crippen LogP contribution in [0.1, 0.15) is 62.4 Å². The summed E-state index contributed by atoms with van der Waals surface area (Å²) in [5.41, 5.74) is 1.71. The van der Waals surface area contributed by atoms with Crippen molar-refractivity contribution in [3.63, 3.8) is 0 Å². The number of nitrogens with one attached hydrogen (secondary N) is 1. The number of carbonyl (C=O) groups is 1. The minimum absolute atomic E-state index is 0.100. The van der Waals surface area contributed by atoms with E-state index in [0.29, 0.717) is 18.4 Å². The highest BCUT2D eigenvalue weighted by Crippen LogP contribution is 2.37. The van der Waals surface area contributed by atoms with Gasteiger partial charge in [-0.2, -0.15) is 13.2 Å². The minimum atomic E-state index is -4.11. The summed E-state index contributed by atoms with van der Waals surface area (Å²) in [6, 6.07) is 7.16. The highest BCUT2D eigenvalue weighted by Gasteiger charge is 2.41. The number of hydrogen-bond donors (Lipinski definition) is 1. The first kappa shape index (κ1) is 19.5. The van der Waals surface area contributed by atoms with Gasteiger partial charge in [0, 0.05) is 11.6 Å². The molecule has 1 aliphatic rings. The molecule has 0 bridgehead atoms. The fourth-order valence-corrected chi connectivity index (χ4v) is 2.73. The molecule has 2 rings (SSSR count). The fourth-order valence-electron chi connectivity index (χ4n) is 2.73. The Hall–Kier alpha value is -1.52. The van der Waals surface area contributed by atoms with Gasteiger partial charge in [0.15, 0.2) is 0 Å². The lowest BCUT2D eigenvalue weighted by Gasteiger charge is -2.30. The monoisotopic (exact) mass is 329 g/mol. The van der Waals surface area contributed by atoms with E-state index >= 15 is 0 Å². The molecule has 0 aliphatic heterocycles. The number of halogens is 3. The van der Waals surface area contributed by atoms with Gasteiger partial charge >= 0.3 is 6.18 Å². The molecule has 0 atom stereocenters. The summed E-state index contributed by atoms with van der Waals surface area (Å²) in [5.74, 6) is -1.41. The first-order valence-corrected chi connectivity index (χ1v) is 8.36. The van der Waals surface area contributed by atoms with Gasteiger partial charge in [-0.05, 0) is 49.8 Å². The highest BCUT2D eigenvalue weighted by atomic mass is 19.4. The van der Waals surface area contributed by atoms with Crippen LogP contribution in [0.25, 0.3) is 0 Å². The molecule has 1 amide bonds. The summed E-state index contributed by atoms with van der Waals surface area (Å²) in [7, 11) is 0. The normalized spacial score (nSPS) is 21.1. The lowest BCUT2D eigenvalue weighted by Crippen LogP contribution is -2.40. The van der Waals surface area contributed by atoms with Crippen molar-refractivity contribution in [3.8, 4) is 0 Å². The predicted molar refractivity (Wildman–Crippen MR) is 86.4 cm³/mol. The smallest absolute Gasteiger partial charge is 0.349 e. The first-order valence-electron chi connectivity index (χ1n) is 8.36. The Kier molecular flexibility index (Phi) is 7.59. The SMILES string of the molecule is CC.CCc1ccc(C(=O)NC2CCC(C(F)(F)F)CC2)cc1. The molecule has 1 N–H and O–H groups in total. The molecule has 2 nitrogen and oxygen atoms in total. The molecule has 5 heteroatoms. The van der Waals surface area contributed by atoms with E-state index in [1.807, 2.05) is 32.9 Å². The maximum absolute atomic E-state index is 12.6. The van der Waals surface area contributed by atoms with Gasteiger partial charge in [0.2, 0.25) is 0 Å². The third kappa shape index (κ3) is 5.88. The average Bonchev–Trinajstić information content (AvgIpc) is 2.56. The molecular formula is C18H26F3NO. The topological polar surface area (TPSA) is 29.1 Å². The number of aryl methyl sites for hydroxylation is 1. The summed E-state index contributed by atoms with van der Waals surface area (Å²) in [6.07, 6.45) is -2.22. The van der Waals surface area contributed by atoms with Gasteiger partial charge in [0.25, 0.3) is 5.91 Å². The summed E-state index contributed by atoms with van der Waals surface area (Å²) in [6.45, 7) is 6.04. The number of amides is 1. The second-order valence-electron chi connectivity index (χ2n) is 5.61. The van der Waals surface area contributed by atoms with Crippen LogP contribution >= 0.6 is 0 Å². The summed E-state index contributed by atoms with van der Waals surface area (Å²) >= 11 is 0. The second kappa shape index (κ2) is 8.94. The quantitative estimate of drug-likeness (QED) is 0.819. The van der Waals surface area contributed by atoms with E-state index in [0.717, 1.165) is 12.0 Å². The van der Waals surface area contributed by atoms with E-state index in [1.165, 1.54) is 0 Å². The molecule has 1 aromatic rings. The Morgan fingerprint density at radius 1 is 1.09 bits per heavy atom. The Morgan fingerprint density at radius 3 is 2.04 bits per heavy atom. The Balaban J connectivity index is 0.00000127. The second-order valence-corrected chi connectivity index (χ2v) is 5.61. The van der Waals surface area contributed by atoms with Crippen LogP contribution in [-0.2, 0) is 6.42 Å². The largest absolute Gasteiger partial charge is 0.391 e. The number of hydrogen-bond acceptors (Lipinski definition) is 1. The van der Waals surface area contributed by atoms with Crippen LogP contribution in [0, 0.1) is 5.92 Å². The zero-order chi connectivity index (χ0) is 17.5. The van der Waals surface area contributed by atoms with E-state index in [9.17, 15) is 18.0 Å². The van der Waals surface area contributed by atoms with E-state index in [1.54, 1.807) is 12.1 Å². The molecule has 0 heterocycles. The molecule has 0 unspecified atom stereocenters. The van der Waals surface area contributed by atoms with E-state index < -0.39 is 12.1 Å². The highest BCUT2D eigenvalue weighted by molar-refractivity contribution is 5.94. The van der Waals surface area contributed by atoms with Crippen LogP contribution in [0.5, 0.6) is 0 Å².